The number of rotatable bonds is 5. The standard InChI is InChI=1S/C27H24F3N3O2S/c1-15-7-5-8-16(2)25(15)33-22(35)14-36-26-18(13-31)23(24-20(32-26)11-6-12-21(24)34)17-9-3-4-10-19(17)27(28,29)30/h3-5,7-10,23,32H,6,11-12,14H2,1-2H3,(H,33,35)/t23-/m0/s1. The molecule has 36 heavy (non-hydrogen) atoms. The lowest BCUT2D eigenvalue weighted by atomic mass is 9.75. The molecule has 0 aromatic heterocycles. The summed E-state index contributed by atoms with van der Waals surface area (Å²) in [6.45, 7) is 3.76. The van der Waals surface area contributed by atoms with E-state index >= 15 is 0 Å². The van der Waals surface area contributed by atoms with Crippen molar-refractivity contribution in [2.75, 3.05) is 11.1 Å². The number of nitriles is 1. The molecule has 0 unspecified atom stereocenters. The summed E-state index contributed by atoms with van der Waals surface area (Å²) in [5, 5.41) is 16.3. The van der Waals surface area contributed by atoms with E-state index < -0.39 is 17.7 Å². The van der Waals surface area contributed by atoms with Gasteiger partial charge in [-0.2, -0.15) is 18.4 Å². The van der Waals surface area contributed by atoms with Crippen LogP contribution in [0.15, 0.2) is 64.3 Å². The topological polar surface area (TPSA) is 82.0 Å². The van der Waals surface area contributed by atoms with Crippen molar-refractivity contribution in [3.8, 4) is 6.07 Å². The van der Waals surface area contributed by atoms with Crippen molar-refractivity contribution in [3.05, 3.63) is 86.6 Å². The summed E-state index contributed by atoms with van der Waals surface area (Å²) < 4.78 is 41.7. The molecule has 4 rings (SSSR count). The van der Waals surface area contributed by atoms with Crippen molar-refractivity contribution >= 4 is 29.1 Å². The Morgan fingerprint density at radius 2 is 1.83 bits per heavy atom. The summed E-state index contributed by atoms with van der Waals surface area (Å²) in [6, 6.07) is 12.7. The number of ketones is 1. The molecule has 0 fully saturated rings. The Balaban J connectivity index is 1.70. The van der Waals surface area contributed by atoms with Crippen LogP contribution in [-0.2, 0) is 15.8 Å². The molecule has 0 spiro atoms. The van der Waals surface area contributed by atoms with Crippen molar-refractivity contribution in [3.63, 3.8) is 0 Å². The number of dihydropyridines is 1. The molecule has 1 aliphatic heterocycles. The van der Waals surface area contributed by atoms with Gasteiger partial charge in [-0.3, -0.25) is 9.59 Å². The monoisotopic (exact) mass is 511 g/mol. The fourth-order valence-corrected chi connectivity index (χ4v) is 5.54. The van der Waals surface area contributed by atoms with E-state index in [4.69, 9.17) is 0 Å². The van der Waals surface area contributed by atoms with Crippen molar-refractivity contribution in [2.24, 2.45) is 0 Å². The predicted octanol–water partition coefficient (Wildman–Crippen LogP) is 6.12. The Hall–Kier alpha value is -3.51. The molecule has 0 saturated heterocycles. The van der Waals surface area contributed by atoms with Crippen LogP contribution >= 0.6 is 11.8 Å². The van der Waals surface area contributed by atoms with E-state index in [-0.39, 0.29) is 40.6 Å². The Labute approximate surface area is 211 Å². The van der Waals surface area contributed by atoms with Gasteiger partial charge in [-0.05, 0) is 49.4 Å². The number of benzene rings is 2. The van der Waals surface area contributed by atoms with E-state index in [9.17, 15) is 28.0 Å². The number of carbonyl (C=O) groups is 2. The predicted molar refractivity (Wildman–Crippen MR) is 133 cm³/mol. The first-order valence-electron chi connectivity index (χ1n) is 11.4. The quantitative estimate of drug-likeness (QED) is 0.505. The van der Waals surface area contributed by atoms with Crippen LogP contribution in [0.1, 0.15) is 47.4 Å². The molecule has 9 heteroatoms. The number of nitrogens with one attached hydrogen (secondary N) is 2. The first kappa shape index (κ1) is 25.6. The number of allylic oxidation sites excluding steroid dienone is 3. The van der Waals surface area contributed by atoms with Gasteiger partial charge in [0, 0.05) is 23.4 Å². The average Bonchev–Trinajstić information content (AvgIpc) is 2.84. The molecule has 5 nitrogen and oxygen atoms in total. The largest absolute Gasteiger partial charge is 0.416 e. The Morgan fingerprint density at radius 3 is 2.50 bits per heavy atom. The number of nitrogens with zero attached hydrogens (tertiary/aromatic N) is 1. The van der Waals surface area contributed by atoms with Crippen LogP contribution in [-0.4, -0.2) is 17.4 Å². The molecular formula is C27H24F3N3O2S. The highest BCUT2D eigenvalue weighted by molar-refractivity contribution is 8.03. The molecule has 2 aliphatic rings. The van der Waals surface area contributed by atoms with Gasteiger partial charge in [0.05, 0.1) is 33.9 Å². The molecule has 0 radical (unpaired) electrons. The van der Waals surface area contributed by atoms with E-state index in [0.717, 1.165) is 29.0 Å². The lowest BCUT2D eigenvalue weighted by Crippen LogP contribution is -2.32. The molecule has 2 aromatic carbocycles. The summed E-state index contributed by atoms with van der Waals surface area (Å²) in [4.78, 5) is 25.6. The third-order valence-electron chi connectivity index (χ3n) is 6.33. The Kier molecular flexibility index (Phi) is 7.27. The number of Topliss-reactive ketones (excluding diaryl/α,β-unsaturated/α-hetero) is 1. The summed E-state index contributed by atoms with van der Waals surface area (Å²) >= 11 is 1.05. The van der Waals surface area contributed by atoms with E-state index in [2.05, 4.69) is 10.6 Å². The van der Waals surface area contributed by atoms with Crippen LogP contribution in [0, 0.1) is 25.2 Å². The molecule has 1 heterocycles. The lowest BCUT2D eigenvalue weighted by molar-refractivity contribution is -0.138. The Morgan fingerprint density at radius 1 is 1.14 bits per heavy atom. The van der Waals surface area contributed by atoms with Gasteiger partial charge in [0.2, 0.25) is 5.91 Å². The summed E-state index contributed by atoms with van der Waals surface area (Å²) in [7, 11) is 0. The highest BCUT2D eigenvalue weighted by atomic mass is 32.2. The van der Waals surface area contributed by atoms with Crippen molar-refractivity contribution in [2.45, 2.75) is 45.2 Å². The molecule has 2 N–H and O–H groups in total. The third kappa shape index (κ3) is 5.05. The smallest absolute Gasteiger partial charge is 0.352 e. The summed E-state index contributed by atoms with van der Waals surface area (Å²) in [5.41, 5.74) is 2.22. The van der Waals surface area contributed by atoms with Gasteiger partial charge in [0.25, 0.3) is 0 Å². The number of thioether (sulfide) groups is 1. The van der Waals surface area contributed by atoms with E-state index in [0.29, 0.717) is 29.3 Å². The number of anilines is 1. The number of hydrogen-bond donors (Lipinski definition) is 2. The van der Waals surface area contributed by atoms with Crippen LogP contribution in [0.25, 0.3) is 0 Å². The lowest BCUT2D eigenvalue weighted by Gasteiger charge is -2.34. The second-order valence-corrected chi connectivity index (χ2v) is 9.76. The minimum Gasteiger partial charge on any atom is -0.352 e. The average molecular weight is 512 g/mol. The molecule has 0 saturated carbocycles. The molecule has 0 bridgehead atoms. The number of hydrogen-bond acceptors (Lipinski definition) is 5. The maximum absolute atomic E-state index is 13.9. The van der Waals surface area contributed by atoms with Crippen LogP contribution < -0.4 is 10.6 Å². The zero-order chi connectivity index (χ0) is 26.0. The number of para-hydroxylation sites is 1. The zero-order valence-electron chi connectivity index (χ0n) is 19.8. The van der Waals surface area contributed by atoms with Crippen LogP contribution in [0.4, 0.5) is 18.9 Å². The van der Waals surface area contributed by atoms with E-state index in [1.165, 1.54) is 18.2 Å². The second-order valence-electron chi connectivity index (χ2n) is 8.77. The number of amides is 1. The second kappa shape index (κ2) is 10.2. The third-order valence-corrected chi connectivity index (χ3v) is 7.35. The van der Waals surface area contributed by atoms with Crippen LogP contribution in [0.2, 0.25) is 0 Å². The van der Waals surface area contributed by atoms with Gasteiger partial charge in [-0.15, -0.1) is 0 Å². The fraction of sp³-hybridized carbons (Fsp3) is 0.296. The number of halogens is 3. The van der Waals surface area contributed by atoms with Crippen molar-refractivity contribution in [1.29, 1.82) is 5.26 Å². The van der Waals surface area contributed by atoms with Crippen molar-refractivity contribution in [1.82, 2.24) is 5.32 Å². The Bertz CT molecular complexity index is 1320. The number of aryl methyl sites for hydroxylation is 2. The highest BCUT2D eigenvalue weighted by Crippen LogP contribution is 2.47. The molecule has 1 atom stereocenters. The normalized spacial score (nSPS) is 17.9. The first-order valence-corrected chi connectivity index (χ1v) is 12.4. The number of carbonyl (C=O) groups excluding carboxylic acids is 2. The van der Waals surface area contributed by atoms with Crippen LogP contribution in [0.5, 0.6) is 0 Å². The van der Waals surface area contributed by atoms with Gasteiger partial charge >= 0.3 is 6.18 Å². The number of alkyl halides is 3. The molecular weight excluding hydrogens is 487 g/mol. The summed E-state index contributed by atoms with van der Waals surface area (Å²) in [5.74, 6) is -1.79. The fourth-order valence-electron chi connectivity index (χ4n) is 4.68. The van der Waals surface area contributed by atoms with E-state index in [1.54, 1.807) is 0 Å². The molecule has 1 aliphatic carbocycles. The molecule has 2 aromatic rings. The first-order chi connectivity index (χ1) is 17.1. The van der Waals surface area contributed by atoms with Crippen molar-refractivity contribution < 1.29 is 22.8 Å². The van der Waals surface area contributed by atoms with Crippen LogP contribution in [0.3, 0.4) is 0 Å². The van der Waals surface area contributed by atoms with Gasteiger partial charge in [0.1, 0.15) is 0 Å². The maximum Gasteiger partial charge on any atom is 0.416 e. The zero-order valence-corrected chi connectivity index (χ0v) is 20.6. The van der Waals surface area contributed by atoms with Gasteiger partial charge < -0.3 is 10.6 Å². The maximum atomic E-state index is 13.9. The minimum atomic E-state index is -4.65. The highest BCUT2D eigenvalue weighted by Gasteiger charge is 2.42. The van der Waals surface area contributed by atoms with Gasteiger partial charge in [-0.25, -0.2) is 0 Å². The molecule has 186 valence electrons. The summed E-state index contributed by atoms with van der Waals surface area (Å²) in [6.07, 6.45) is -3.40. The van der Waals surface area contributed by atoms with Gasteiger partial charge in [0.15, 0.2) is 5.78 Å². The van der Waals surface area contributed by atoms with E-state index in [1.807, 2.05) is 38.1 Å². The molecule has 1 amide bonds. The minimum absolute atomic E-state index is 0.00516. The van der Waals surface area contributed by atoms with Gasteiger partial charge in [-0.1, -0.05) is 48.2 Å². The SMILES string of the molecule is Cc1cccc(C)c1NC(=O)CSC1=C(C#N)[C@H](c2ccccc2C(F)(F)F)C2=C(CCCC2=O)N1.